The van der Waals surface area contributed by atoms with Gasteiger partial charge in [-0.15, -0.1) is 0 Å². The van der Waals surface area contributed by atoms with Crippen molar-refractivity contribution in [3.05, 3.63) is 48.6 Å². The molecule has 1 fully saturated rings. The van der Waals surface area contributed by atoms with Crippen LogP contribution in [0.25, 0.3) is 0 Å². The molecule has 282 valence electrons. The minimum atomic E-state index is -0.316. The van der Waals surface area contributed by atoms with E-state index in [0.717, 1.165) is 83.6 Å². The molecule has 0 bridgehead atoms. The molecule has 2 unspecified atom stereocenters. The van der Waals surface area contributed by atoms with Crippen molar-refractivity contribution in [2.24, 2.45) is 5.92 Å². The fourth-order valence-corrected chi connectivity index (χ4v) is 6.59. The molecule has 0 N–H and O–H groups in total. The predicted octanol–water partition coefficient (Wildman–Crippen LogP) is 12.4. The molecule has 1 aliphatic carbocycles. The van der Waals surface area contributed by atoms with Crippen LogP contribution in [0.4, 0.5) is 0 Å². The van der Waals surface area contributed by atoms with Crippen LogP contribution in [-0.4, -0.2) is 49.7 Å². The average molecular weight is 684 g/mol. The van der Waals surface area contributed by atoms with E-state index in [2.05, 4.69) is 81.5 Å². The Morgan fingerprint density at radius 1 is 0.510 bits per heavy atom. The number of unbranched alkanes of at least 4 members (excludes halogenated alkanes) is 16. The Labute approximate surface area is 303 Å². The highest BCUT2D eigenvalue weighted by atomic mass is 16.6. The van der Waals surface area contributed by atoms with Gasteiger partial charge in [0.05, 0.1) is 0 Å². The molecule has 5 heteroatoms. The van der Waals surface area contributed by atoms with Crippen LogP contribution < -0.4 is 0 Å². The van der Waals surface area contributed by atoms with Gasteiger partial charge in [0.2, 0.25) is 0 Å². The number of carbonyl (C=O) groups is 2. The van der Waals surface area contributed by atoms with Crippen molar-refractivity contribution in [3.8, 4) is 0 Å². The van der Waals surface area contributed by atoms with Gasteiger partial charge < -0.3 is 14.4 Å². The maximum atomic E-state index is 12.7. The molecule has 0 heterocycles. The molecule has 49 heavy (non-hydrogen) atoms. The molecule has 1 aliphatic rings. The van der Waals surface area contributed by atoms with Crippen LogP contribution >= 0.6 is 0 Å². The molecular formula is C44H77NO4. The number of nitrogens with zero attached hydrogens (tertiary/aromatic N) is 1. The van der Waals surface area contributed by atoms with Crippen molar-refractivity contribution in [1.29, 1.82) is 0 Å². The summed E-state index contributed by atoms with van der Waals surface area (Å²) in [5, 5.41) is 0. The molecule has 1 rings (SSSR count). The van der Waals surface area contributed by atoms with E-state index in [4.69, 9.17) is 9.47 Å². The van der Waals surface area contributed by atoms with Crippen molar-refractivity contribution in [2.45, 2.75) is 193 Å². The van der Waals surface area contributed by atoms with Gasteiger partial charge in [-0.3, -0.25) is 9.59 Å². The van der Waals surface area contributed by atoms with E-state index in [1.165, 1.54) is 77.0 Å². The minimum Gasteiger partial charge on any atom is -0.458 e. The van der Waals surface area contributed by atoms with E-state index >= 15 is 0 Å². The average Bonchev–Trinajstić information content (AvgIpc) is 3.43. The zero-order valence-electron chi connectivity index (χ0n) is 32.5. The Balaban J connectivity index is 2.18. The number of rotatable bonds is 32. The Bertz CT molecular complexity index is 837. The van der Waals surface area contributed by atoms with Gasteiger partial charge in [0.1, 0.15) is 12.2 Å². The summed E-state index contributed by atoms with van der Waals surface area (Å²) >= 11 is 0. The molecule has 0 amide bonds. The van der Waals surface area contributed by atoms with E-state index in [0.29, 0.717) is 18.8 Å². The molecule has 0 aromatic heterocycles. The lowest BCUT2D eigenvalue weighted by molar-refractivity contribution is -0.165. The van der Waals surface area contributed by atoms with Crippen molar-refractivity contribution in [1.82, 2.24) is 4.90 Å². The Morgan fingerprint density at radius 2 is 0.857 bits per heavy atom. The van der Waals surface area contributed by atoms with Crippen molar-refractivity contribution >= 4 is 11.9 Å². The molecule has 2 atom stereocenters. The number of hydrogen-bond acceptors (Lipinski definition) is 5. The first-order valence-corrected chi connectivity index (χ1v) is 20.6. The van der Waals surface area contributed by atoms with Gasteiger partial charge in [0, 0.05) is 19.4 Å². The number of hydrogen-bond donors (Lipinski definition) is 0. The predicted molar refractivity (Wildman–Crippen MR) is 210 cm³/mol. The fraction of sp³-hybridized carbons (Fsp3) is 0.773. The first-order chi connectivity index (χ1) is 24.0. The number of carbonyl (C=O) groups excluding carboxylic acids is 2. The normalized spacial score (nSPS) is 18.3. The van der Waals surface area contributed by atoms with E-state index in [1.54, 1.807) is 0 Å². The topological polar surface area (TPSA) is 55.8 Å². The van der Waals surface area contributed by atoms with Crippen LogP contribution in [0.15, 0.2) is 48.6 Å². The second kappa shape index (κ2) is 33.0. The van der Waals surface area contributed by atoms with E-state index in [1.807, 2.05) is 0 Å². The van der Waals surface area contributed by atoms with Gasteiger partial charge >= 0.3 is 11.9 Å². The number of ether oxygens (including phenoxy) is 2. The summed E-state index contributed by atoms with van der Waals surface area (Å²) in [4.78, 5) is 27.6. The summed E-state index contributed by atoms with van der Waals surface area (Å²) in [5.74, 6) is 0.0873. The summed E-state index contributed by atoms with van der Waals surface area (Å²) in [6.45, 7) is 5.40. The third-order valence-corrected chi connectivity index (χ3v) is 9.40. The molecule has 1 saturated carbocycles. The van der Waals surface area contributed by atoms with Crippen molar-refractivity contribution in [2.75, 3.05) is 20.6 Å². The lowest BCUT2D eigenvalue weighted by Gasteiger charge is -2.20. The standard InChI is InChI=1S/C44H77NO4/c1-5-7-9-11-13-15-17-19-21-23-25-27-29-31-33-35-43(46)48-41-37-40(39-45(3)4)38-42(41)49-44(47)36-34-32-30-28-26-24-22-20-18-16-14-12-10-8-6-2/h13-16,19-22,40-42H,5-12,17-18,23-39H2,1-4H3. The quantitative estimate of drug-likeness (QED) is 0.0401. The summed E-state index contributed by atoms with van der Waals surface area (Å²) in [6, 6.07) is 0. The van der Waals surface area contributed by atoms with Gasteiger partial charge in [0.15, 0.2) is 0 Å². The zero-order valence-corrected chi connectivity index (χ0v) is 32.5. The molecule has 0 saturated heterocycles. The lowest BCUT2D eigenvalue weighted by atomic mass is 10.1. The Hall–Kier alpha value is -2.14. The van der Waals surface area contributed by atoms with Gasteiger partial charge in [0.25, 0.3) is 0 Å². The Morgan fingerprint density at radius 3 is 1.22 bits per heavy atom. The summed E-state index contributed by atoms with van der Waals surface area (Å²) in [7, 11) is 4.13. The van der Waals surface area contributed by atoms with Crippen LogP contribution in [0, 0.1) is 5.92 Å². The minimum absolute atomic E-state index is 0.143. The summed E-state index contributed by atoms with van der Waals surface area (Å²) < 4.78 is 11.9. The molecule has 0 radical (unpaired) electrons. The molecule has 5 nitrogen and oxygen atoms in total. The molecule has 0 spiro atoms. The second-order valence-corrected chi connectivity index (χ2v) is 14.6. The molecule has 0 aromatic rings. The van der Waals surface area contributed by atoms with Crippen LogP contribution in [0.2, 0.25) is 0 Å². The smallest absolute Gasteiger partial charge is 0.306 e. The maximum absolute atomic E-state index is 12.7. The van der Waals surface area contributed by atoms with Crippen LogP contribution in [0.1, 0.15) is 181 Å². The fourth-order valence-electron chi connectivity index (χ4n) is 6.59. The third kappa shape index (κ3) is 28.3. The second-order valence-electron chi connectivity index (χ2n) is 14.6. The van der Waals surface area contributed by atoms with Gasteiger partial charge in [-0.25, -0.2) is 0 Å². The van der Waals surface area contributed by atoms with E-state index in [-0.39, 0.29) is 24.1 Å². The lowest BCUT2D eigenvalue weighted by Crippen LogP contribution is -2.30. The first-order valence-electron chi connectivity index (χ1n) is 20.6. The van der Waals surface area contributed by atoms with Crippen molar-refractivity contribution in [3.63, 3.8) is 0 Å². The maximum Gasteiger partial charge on any atom is 0.306 e. The van der Waals surface area contributed by atoms with Gasteiger partial charge in [-0.05, 0) is 110 Å². The van der Waals surface area contributed by atoms with Gasteiger partial charge in [-0.1, -0.05) is 127 Å². The van der Waals surface area contributed by atoms with Crippen LogP contribution in [-0.2, 0) is 19.1 Å². The zero-order chi connectivity index (χ0) is 35.6. The summed E-state index contributed by atoms with van der Waals surface area (Å²) in [6.07, 6.45) is 45.7. The molecule has 0 aromatic carbocycles. The summed E-state index contributed by atoms with van der Waals surface area (Å²) in [5.41, 5.74) is 0. The van der Waals surface area contributed by atoms with Gasteiger partial charge in [-0.2, -0.15) is 0 Å². The van der Waals surface area contributed by atoms with E-state index < -0.39 is 0 Å². The monoisotopic (exact) mass is 684 g/mol. The molecular weight excluding hydrogens is 606 g/mol. The molecule has 0 aliphatic heterocycles. The van der Waals surface area contributed by atoms with Crippen LogP contribution in [0.3, 0.4) is 0 Å². The van der Waals surface area contributed by atoms with Crippen LogP contribution in [0.5, 0.6) is 0 Å². The largest absolute Gasteiger partial charge is 0.458 e. The SMILES string of the molecule is CCCCCC=CCC=CCCCCCCCC(=O)OC1CC(CN(C)C)CC1OC(=O)CCCCCCCC=CCC=CCCCCC. The van der Waals surface area contributed by atoms with E-state index in [9.17, 15) is 9.59 Å². The van der Waals surface area contributed by atoms with Crippen molar-refractivity contribution < 1.29 is 19.1 Å². The highest BCUT2D eigenvalue weighted by Crippen LogP contribution is 2.32. The number of esters is 2. The Kier molecular flexibility index (Phi) is 30.3. The third-order valence-electron chi connectivity index (χ3n) is 9.40. The highest BCUT2D eigenvalue weighted by molar-refractivity contribution is 5.70. The highest BCUT2D eigenvalue weighted by Gasteiger charge is 2.39. The number of allylic oxidation sites excluding steroid dienone is 8. The first kappa shape index (κ1) is 44.9.